The number of nitrogens with zero attached hydrogens (tertiary/aromatic N) is 1. The van der Waals surface area contributed by atoms with Crippen molar-refractivity contribution < 1.29 is 13.9 Å². The van der Waals surface area contributed by atoms with Gasteiger partial charge >= 0.3 is 0 Å². The summed E-state index contributed by atoms with van der Waals surface area (Å²) < 4.78 is 26.2. The highest BCUT2D eigenvalue weighted by Crippen LogP contribution is 2.36. The van der Waals surface area contributed by atoms with Crippen molar-refractivity contribution in [1.82, 2.24) is 0 Å². The van der Waals surface area contributed by atoms with Crippen molar-refractivity contribution in [3.8, 4) is 17.6 Å². The van der Waals surface area contributed by atoms with E-state index in [9.17, 15) is 9.65 Å². The van der Waals surface area contributed by atoms with Crippen molar-refractivity contribution in [2.24, 2.45) is 0 Å². The van der Waals surface area contributed by atoms with Gasteiger partial charge < -0.3 is 9.47 Å². The van der Waals surface area contributed by atoms with Gasteiger partial charge in [0.25, 0.3) is 0 Å². The monoisotopic (exact) mass is 465 g/mol. The maximum absolute atomic E-state index is 13.9. The van der Waals surface area contributed by atoms with Gasteiger partial charge in [0.2, 0.25) is 0 Å². The number of aryl methyl sites for hydroxylation is 1. The van der Waals surface area contributed by atoms with Crippen LogP contribution < -0.4 is 9.47 Å². The highest BCUT2D eigenvalue weighted by Gasteiger charge is 2.12. The second kappa shape index (κ2) is 10.1. The molecule has 0 bridgehead atoms. The Morgan fingerprint density at radius 3 is 2.43 bits per heavy atom. The summed E-state index contributed by atoms with van der Waals surface area (Å²) in [5.74, 6) is 0.716. The SMILES string of the molecule is CCOc1cc(/C=C(/C#N)c2ccc(C)cc2)c(Br)cc1OCc1ccccc1F. The largest absolute Gasteiger partial charge is 0.490 e. The van der Waals surface area contributed by atoms with E-state index in [1.807, 2.05) is 44.2 Å². The molecule has 0 aliphatic carbocycles. The summed E-state index contributed by atoms with van der Waals surface area (Å²) >= 11 is 3.55. The van der Waals surface area contributed by atoms with Crippen LogP contribution in [-0.4, -0.2) is 6.61 Å². The van der Waals surface area contributed by atoms with Crippen molar-refractivity contribution in [1.29, 1.82) is 5.26 Å². The lowest BCUT2D eigenvalue weighted by molar-refractivity contribution is 0.265. The number of benzene rings is 3. The molecule has 3 nitrogen and oxygen atoms in total. The maximum atomic E-state index is 13.9. The summed E-state index contributed by atoms with van der Waals surface area (Å²) in [7, 11) is 0. The van der Waals surface area contributed by atoms with E-state index in [1.54, 1.807) is 30.3 Å². The van der Waals surface area contributed by atoms with Crippen LogP contribution in [0.3, 0.4) is 0 Å². The lowest BCUT2D eigenvalue weighted by Crippen LogP contribution is -2.02. The molecule has 0 N–H and O–H groups in total. The fraction of sp³-hybridized carbons (Fsp3) is 0.160. The Balaban J connectivity index is 1.93. The minimum Gasteiger partial charge on any atom is -0.490 e. The van der Waals surface area contributed by atoms with Crippen molar-refractivity contribution >= 4 is 27.6 Å². The topological polar surface area (TPSA) is 42.2 Å². The molecular formula is C25H21BrFNO2. The summed E-state index contributed by atoms with van der Waals surface area (Å²) in [6, 6.07) is 20.1. The molecule has 0 saturated heterocycles. The molecule has 3 aromatic carbocycles. The third-order valence-electron chi connectivity index (χ3n) is 4.49. The van der Waals surface area contributed by atoms with E-state index < -0.39 is 0 Å². The van der Waals surface area contributed by atoms with Crippen molar-refractivity contribution in [2.75, 3.05) is 6.61 Å². The molecule has 0 aliphatic heterocycles. The first-order valence-electron chi connectivity index (χ1n) is 9.53. The number of halogens is 2. The van der Waals surface area contributed by atoms with E-state index in [0.29, 0.717) is 29.2 Å². The Morgan fingerprint density at radius 2 is 1.77 bits per heavy atom. The molecule has 0 unspecified atom stereocenters. The third-order valence-corrected chi connectivity index (χ3v) is 5.17. The molecule has 0 fully saturated rings. The molecule has 0 aromatic heterocycles. The molecule has 0 aliphatic rings. The Hall–Kier alpha value is -3.10. The van der Waals surface area contributed by atoms with E-state index in [2.05, 4.69) is 22.0 Å². The van der Waals surface area contributed by atoms with Gasteiger partial charge in [0.1, 0.15) is 12.4 Å². The van der Waals surface area contributed by atoms with Crippen LogP contribution in [0.5, 0.6) is 11.5 Å². The van der Waals surface area contributed by atoms with Gasteiger partial charge in [0, 0.05) is 10.0 Å². The molecule has 0 heterocycles. The van der Waals surface area contributed by atoms with Crippen LogP contribution in [0.2, 0.25) is 0 Å². The molecule has 0 saturated carbocycles. The minimum absolute atomic E-state index is 0.0845. The van der Waals surface area contributed by atoms with Crippen LogP contribution in [0, 0.1) is 24.1 Å². The molecule has 0 radical (unpaired) electrons. The van der Waals surface area contributed by atoms with Crippen LogP contribution in [-0.2, 0) is 6.61 Å². The highest BCUT2D eigenvalue weighted by atomic mass is 79.9. The van der Waals surface area contributed by atoms with E-state index >= 15 is 0 Å². The van der Waals surface area contributed by atoms with E-state index in [0.717, 1.165) is 21.2 Å². The highest BCUT2D eigenvalue weighted by molar-refractivity contribution is 9.10. The summed E-state index contributed by atoms with van der Waals surface area (Å²) in [6.45, 7) is 4.42. The van der Waals surface area contributed by atoms with Crippen molar-refractivity contribution in [3.05, 3.63) is 93.2 Å². The number of ether oxygens (including phenoxy) is 2. The zero-order valence-corrected chi connectivity index (χ0v) is 18.4. The van der Waals surface area contributed by atoms with Crippen LogP contribution in [0.4, 0.5) is 4.39 Å². The summed E-state index contributed by atoms with van der Waals surface area (Å²) in [6.07, 6.45) is 1.80. The van der Waals surface area contributed by atoms with Gasteiger partial charge in [-0.2, -0.15) is 5.26 Å². The fourth-order valence-electron chi connectivity index (χ4n) is 2.88. The van der Waals surface area contributed by atoms with Crippen LogP contribution >= 0.6 is 15.9 Å². The van der Waals surface area contributed by atoms with Gasteiger partial charge in [-0.05, 0) is 49.2 Å². The first-order valence-corrected chi connectivity index (χ1v) is 10.3. The molecular weight excluding hydrogens is 445 g/mol. The average Bonchev–Trinajstić information content (AvgIpc) is 2.74. The lowest BCUT2D eigenvalue weighted by Gasteiger charge is -2.14. The fourth-order valence-corrected chi connectivity index (χ4v) is 3.32. The van der Waals surface area contributed by atoms with E-state index in [-0.39, 0.29) is 12.4 Å². The first kappa shape index (κ1) is 21.6. The van der Waals surface area contributed by atoms with E-state index in [1.165, 1.54) is 6.07 Å². The zero-order chi connectivity index (χ0) is 21.5. The van der Waals surface area contributed by atoms with Crippen LogP contribution in [0.15, 0.2) is 65.1 Å². The number of rotatable bonds is 7. The van der Waals surface area contributed by atoms with Crippen molar-refractivity contribution in [2.45, 2.75) is 20.5 Å². The number of hydrogen-bond donors (Lipinski definition) is 0. The molecule has 30 heavy (non-hydrogen) atoms. The second-order valence-corrected chi connectivity index (χ2v) is 7.52. The lowest BCUT2D eigenvalue weighted by atomic mass is 10.0. The van der Waals surface area contributed by atoms with Gasteiger partial charge in [-0.25, -0.2) is 4.39 Å². The Bertz CT molecular complexity index is 1100. The smallest absolute Gasteiger partial charge is 0.162 e. The van der Waals surface area contributed by atoms with Gasteiger partial charge in [0.15, 0.2) is 11.5 Å². The molecule has 0 spiro atoms. The standard InChI is InChI=1S/C25H21BrFNO2/c1-3-29-24-13-20(12-21(15-28)18-10-8-17(2)9-11-18)22(26)14-25(24)30-16-19-6-4-5-7-23(19)27/h4-14H,3,16H2,1-2H3/b21-12-. The van der Waals surface area contributed by atoms with Gasteiger partial charge in [-0.1, -0.05) is 64.0 Å². The minimum atomic E-state index is -0.314. The van der Waals surface area contributed by atoms with Gasteiger partial charge in [-0.15, -0.1) is 0 Å². The van der Waals surface area contributed by atoms with Crippen LogP contribution in [0.1, 0.15) is 29.2 Å². The average molecular weight is 466 g/mol. The predicted molar refractivity (Wildman–Crippen MR) is 121 cm³/mol. The maximum Gasteiger partial charge on any atom is 0.162 e. The molecule has 0 amide bonds. The zero-order valence-electron chi connectivity index (χ0n) is 16.8. The number of nitriles is 1. The second-order valence-electron chi connectivity index (χ2n) is 6.67. The predicted octanol–water partition coefficient (Wildman–Crippen LogP) is 6.94. The number of hydrogen-bond acceptors (Lipinski definition) is 3. The quantitative estimate of drug-likeness (QED) is 0.280. The van der Waals surface area contributed by atoms with Gasteiger partial charge in [0.05, 0.1) is 18.2 Å². The third kappa shape index (κ3) is 5.28. The van der Waals surface area contributed by atoms with E-state index in [4.69, 9.17) is 9.47 Å². The molecule has 152 valence electrons. The van der Waals surface area contributed by atoms with Gasteiger partial charge in [-0.3, -0.25) is 0 Å². The number of allylic oxidation sites excluding steroid dienone is 1. The summed E-state index contributed by atoms with van der Waals surface area (Å²) in [5, 5.41) is 9.64. The first-order chi connectivity index (χ1) is 14.5. The summed E-state index contributed by atoms with van der Waals surface area (Å²) in [4.78, 5) is 0. The molecule has 3 aromatic rings. The Labute approximate surface area is 184 Å². The van der Waals surface area contributed by atoms with Crippen molar-refractivity contribution in [3.63, 3.8) is 0 Å². The summed E-state index contributed by atoms with van der Waals surface area (Å²) in [5.41, 5.74) is 3.76. The Kier molecular flexibility index (Phi) is 7.26. The Morgan fingerprint density at radius 1 is 1.07 bits per heavy atom. The normalized spacial score (nSPS) is 11.1. The molecule has 3 rings (SSSR count). The van der Waals surface area contributed by atoms with Crippen LogP contribution in [0.25, 0.3) is 11.6 Å². The molecule has 5 heteroatoms. The molecule has 0 atom stereocenters.